The molecule has 0 aromatic heterocycles. The first-order valence-electron chi connectivity index (χ1n) is 14.0. The smallest absolute Gasteiger partial charge is 0.150 e. The van der Waals surface area contributed by atoms with Gasteiger partial charge in [-0.25, -0.2) is 0 Å². The Morgan fingerprint density at radius 1 is 1.00 bits per heavy atom. The van der Waals surface area contributed by atoms with Gasteiger partial charge in [-0.1, -0.05) is 55.8 Å². The maximum Gasteiger partial charge on any atom is 0.150 e. The Hall–Kier alpha value is -2.26. The fourth-order valence-corrected chi connectivity index (χ4v) is 5.24. The predicted octanol–water partition coefficient (Wildman–Crippen LogP) is 7.31. The van der Waals surface area contributed by atoms with Crippen LogP contribution >= 0.6 is 0 Å². The van der Waals surface area contributed by atoms with Crippen molar-refractivity contribution in [3.05, 3.63) is 70.3 Å². The molecule has 0 saturated heterocycles. The maximum absolute atomic E-state index is 12.9. The molecule has 2 atom stereocenters. The summed E-state index contributed by atoms with van der Waals surface area (Å²) in [5, 5.41) is 3.55. The zero-order valence-electron chi connectivity index (χ0n) is 22.3. The number of fused-ring (bicyclic) bond motifs is 1. The molecule has 1 N–H and O–H groups in total. The Morgan fingerprint density at radius 3 is 2.60 bits per heavy atom. The molecule has 0 aliphatic heterocycles. The molecule has 0 amide bonds. The Kier molecular flexibility index (Phi) is 11.7. The van der Waals surface area contributed by atoms with Crippen molar-refractivity contribution < 1.29 is 4.79 Å². The summed E-state index contributed by atoms with van der Waals surface area (Å²) in [7, 11) is 0. The van der Waals surface area contributed by atoms with Gasteiger partial charge in [-0.05, 0) is 118 Å². The highest BCUT2D eigenvalue weighted by atomic mass is 16.1. The van der Waals surface area contributed by atoms with E-state index in [1.165, 1.54) is 40.7 Å². The van der Waals surface area contributed by atoms with E-state index in [0.717, 1.165) is 64.5 Å². The molecule has 3 nitrogen and oxygen atoms in total. The number of hydrogen-bond donors (Lipinski definition) is 1. The molecule has 2 aromatic rings. The molecule has 3 rings (SSSR count). The van der Waals surface area contributed by atoms with Crippen LogP contribution in [0.4, 0.5) is 0 Å². The van der Waals surface area contributed by atoms with Gasteiger partial charge in [0.15, 0.2) is 0 Å². The average Bonchev–Trinajstić information content (AvgIpc) is 2.86. The van der Waals surface area contributed by atoms with Crippen LogP contribution in [0, 0.1) is 13.8 Å². The largest absolute Gasteiger partial charge is 0.307 e. The van der Waals surface area contributed by atoms with Crippen LogP contribution < -0.4 is 5.32 Å². The van der Waals surface area contributed by atoms with Gasteiger partial charge in [0.25, 0.3) is 0 Å². The second-order valence-electron chi connectivity index (χ2n) is 10.4. The number of nitrogens with one attached hydrogen (secondary N) is 1. The molecule has 190 valence electrons. The van der Waals surface area contributed by atoms with Gasteiger partial charge in [-0.15, -0.1) is 0 Å². The van der Waals surface area contributed by atoms with Crippen molar-refractivity contribution in [1.29, 1.82) is 0 Å². The molecular weight excluding hydrogens is 428 g/mol. The first kappa shape index (κ1) is 27.3. The lowest BCUT2D eigenvalue weighted by atomic mass is 9.79. The fraction of sp³-hybridized carbons (Fsp3) is 0.562. The van der Waals surface area contributed by atoms with Crippen molar-refractivity contribution in [3.8, 4) is 0 Å². The highest BCUT2D eigenvalue weighted by Crippen LogP contribution is 2.34. The number of benzene rings is 2. The van der Waals surface area contributed by atoms with E-state index in [0.29, 0.717) is 18.1 Å². The summed E-state index contributed by atoms with van der Waals surface area (Å²) in [5.41, 5.74) is 7.03. The monoisotopic (exact) mass is 474 g/mol. The maximum atomic E-state index is 12.9. The third kappa shape index (κ3) is 9.04. The minimum absolute atomic E-state index is 0.00335. The predicted molar refractivity (Wildman–Crippen MR) is 150 cm³/mol. The SMILES string of the molecule is CCCNC1CC(CCCCN=CCCCCc2ccccc2)c2cc(C)c(C)cc2CCC1=O. The van der Waals surface area contributed by atoms with E-state index < -0.39 is 0 Å². The van der Waals surface area contributed by atoms with E-state index in [1.54, 1.807) is 0 Å². The lowest BCUT2D eigenvalue weighted by Gasteiger charge is -2.29. The van der Waals surface area contributed by atoms with Crippen molar-refractivity contribution in [1.82, 2.24) is 5.32 Å². The van der Waals surface area contributed by atoms with E-state index in [1.807, 2.05) is 0 Å². The molecule has 2 aromatic carbocycles. The van der Waals surface area contributed by atoms with Crippen LogP contribution in [0.3, 0.4) is 0 Å². The number of aliphatic imine (C=N–C) groups is 1. The minimum atomic E-state index is 0.00335. The standard InChI is InChI=1S/C32H46N2O/c1-4-19-34-31-24-28(30-23-26(3)25(2)22-29(30)17-18-32(31)35)16-10-12-21-33-20-11-6-9-15-27-13-7-5-8-14-27/h5,7-8,13-14,20,22-23,28,31,34H,4,6,9-12,15-19,21,24H2,1-3H3. The molecule has 1 aliphatic carbocycles. The number of hydrogen-bond acceptors (Lipinski definition) is 3. The summed E-state index contributed by atoms with van der Waals surface area (Å²) in [5.74, 6) is 0.842. The number of nitrogens with zero attached hydrogens (tertiary/aromatic N) is 1. The van der Waals surface area contributed by atoms with Crippen molar-refractivity contribution in [3.63, 3.8) is 0 Å². The number of rotatable bonds is 13. The van der Waals surface area contributed by atoms with Crippen LogP contribution in [-0.4, -0.2) is 31.1 Å². The highest BCUT2D eigenvalue weighted by molar-refractivity contribution is 5.84. The Bertz CT molecular complexity index is 934. The van der Waals surface area contributed by atoms with Crippen LogP contribution in [0.2, 0.25) is 0 Å². The van der Waals surface area contributed by atoms with Crippen LogP contribution in [0.15, 0.2) is 47.5 Å². The third-order valence-corrected chi connectivity index (χ3v) is 7.50. The van der Waals surface area contributed by atoms with Crippen molar-refractivity contribution in [2.45, 2.75) is 103 Å². The fourth-order valence-electron chi connectivity index (χ4n) is 5.24. The van der Waals surface area contributed by atoms with Crippen LogP contribution in [-0.2, 0) is 17.6 Å². The van der Waals surface area contributed by atoms with Crippen molar-refractivity contribution in [2.24, 2.45) is 4.99 Å². The molecule has 0 heterocycles. The summed E-state index contributed by atoms with van der Waals surface area (Å²) in [6.45, 7) is 8.42. The number of unbranched alkanes of at least 4 members (excludes halogenated alkanes) is 3. The van der Waals surface area contributed by atoms with E-state index in [9.17, 15) is 4.79 Å². The van der Waals surface area contributed by atoms with Gasteiger partial charge in [-0.3, -0.25) is 9.79 Å². The second-order valence-corrected chi connectivity index (χ2v) is 10.4. The number of carbonyl (C=O) groups excluding carboxylic acids is 1. The first-order valence-corrected chi connectivity index (χ1v) is 14.0. The van der Waals surface area contributed by atoms with Gasteiger partial charge >= 0.3 is 0 Å². The van der Waals surface area contributed by atoms with E-state index in [4.69, 9.17) is 0 Å². The van der Waals surface area contributed by atoms with Gasteiger partial charge in [0.2, 0.25) is 0 Å². The van der Waals surface area contributed by atoms with E-state index in [-0.39, 0.29) is 6.04 Å². The minimum Gasteiger partial charge on any atom is -0.307 e. The summed E-state index contributed by atoms with van der Waals surface area (Å²) in [6, 6.07) is 15.5. The summed E-state index contributed by atoms with van der Waals surface area (Å²) in [6.07, 6.45) is 13.8. The lowest BCUT2D eigenvalue weighted by Crippen LogP contribution is -2.39. The highest BCUT2D eigenvalue weighted by Gasteiger charge is 2.27. The zero-order valence-corrected chi connectivity index (χ0v) is 22.3. The molecule has 0 radical (unpaired) electrons. The molecule has 0 spiro atoms. The molecule has 35 heavy (non-hydrogen) atoms. The van der Waals surface area contributed by atoms with Gasteiger partial charge in [0.1, 0.15) is 5.78 Å². The normalized spacial score (nSPS) is 18.4. The topological polar surface area (TPSA) is 41.5 Å². The van der Waals surface area contributed by atoms with Crippen molar-refractivity contribution in [2.75, 3.05) is 13.1 Å². The molecule has 1 aliphatic rings. The third-order valence-electron chi connectivity index (χ3n) is 7.50. The number of carbonyl (C=O) groups is 1. The van der Waals surface area contributed by atoms with Gasteiger partial charge in [0, 0.05) is 13.0 Å². The Labute approximate surface area is 213 Å². The zero-order chi connectivity index (χ0) is 24.9. The molecule has 2 unspecified atom stereocenters. The summed E-state index contributed by atoms with van der Waals surface area (Å²) < 4.78 is 0. The second kappa shape index (κ2) is 15.0. The average molecular weight is 475 g/mol. The molecule has 3 heteroatoms. The number of ketones is 1. The van der Waals surface area contributed by atoms with Crippen LogP contribution in [0.1, 0.15) is 98.4 Å². The molecule has 0 bridgehead atoms. The number of aryl methyl sites for hydroxylation is 4. The summed E-state index contributed by atoms with van der Waals surface area (Å²) >= 11 is 0. The van der Waals surface area contributed by atoms with Gasteiger partial charge in [0.05, 0.1) is 6.04 Å². The quantitative estimate of drug-likeness (QED) is 0.244. The van der Waals surface area contributed by atoms with Crippen LogP contribution in [0.25, 0.3) is 0 Å². The Balaban J connectivity index is 1.47. The van der Waals surface area contributed by atoms with Crippen LogP contribution in [0.5, 0.6) is 0 Å². The number of Topliss-reactive ketones (excluding diaryl/α,β-unsaturated/α-hetero) is 1. The van der Waals surface area contributed by atoms with Gasteiger partial charge < -0.3 is 5.32 Å². The van der Waals surface area contributed by atoms with Gasteiger partial charge in [-0.2, -0.15) is 0 Å². The first-order chi connectivity index (χ1) is 17.1. The molecular formula is C32H46N2O. The lowest BCUT2D eigenvalue weighted by molar-refractivity contribution is -0.121. The van der Waals surface area contributed by atoms with E-state index in [2.05, 4.69) is 79.8 Å². The summed E-state index contributed by atoms with van der Waals surface area (Å²) in [4.78, 5) is 17.6. The Morgan fingerprint density at radius 2 is 1.80 bits per heavy atom. The van der Waals surface area contributed by atoms with E-state index >= 15 is 0 Å². The van der Waals surface area contributed by atoms with Crippen molar-refractivity contribution >= 4 is 12.0 Å². The molecule has 0 fully saturated rings. The molecule has 0 saturated carbocycles.